The maximum absolute atomic E-state index is 8.12. The van der Waals surface area contributed by atoms with Crippen LogP contribution in [0.2, 0.25) is 0 Å². The molecule has 0 saturated carbocycles. The monoisotopic (exact) mass is 102 g/mol. The molecule has 0 N–H and O–H groups in total. The van der Waals surface area contributed by atoms with Crippen LogP contribution < -0.4 is 42.0 Å². The van der Waals surface area contributed by atoms with Gasteiger partial charge in [0, 0.05) is 0 Å². The molecule has 0 atom stereocenters. The van der Waals surface area contributed by atoms with E-state index in [4.69, 9.17) is 9.59 Å². The third-order valence-corrected chi connectivity index (χ3v) is 0. The van der Waals surface area contributed by atoms with Crippen molar-refractivity contribution in [3.63, 3.8) is 0 Å². The molecule has 24 valence electrons. The number of rotatable bonds is 0. The van der Waals surface area contributed by atoms with E-state index in [2.05, 4.69) is 0 Å². The van der Waals surface area contributed by atoms with Gasteiger partial charge in [0.15, 0.2) is 0 Å². The van der Waals surface area contributed by atoms with Crippen molar-refractivity contribution in [2.75, 3.05) is 0 Å². The first-order chi connectivity index (χ1) is 1.41. The minimum absolute atomic E-state index is 0. The summed E-state index contributed by atoms with van der Waals surface area (Å²) in [6, 6.07) is 0. The van der Waals surface area contributed by atoms with Crippen molar-refractivity contribution in [2.45, 2.75) is 0 Å². The predicted octanol–water partition coefficient (Wildman–Crippen LogP) is -6.58. The van der Waals surface area contributed by atoms with Crippen LogP contribution in [0.4, 0.5) is 0 Å². The van der Waals surface area contributed by atoms with Gasteiger partial charge in [-0.1, -0.05) is 0 Å². The summed E-state index contributed by atoms with van der Waals surface area (Å²) in [4.78, 5) is 16.2. The quantitative estimate of drug-likeness (QED) is 0.285. The van der Waals surface area contributed by atoms with Crippen LogP contribution in [0.1, 0.15) is 0 Å². The summed E-state index contributed by atoms with van der Waals surface area (Å²) in [5.41, 5.74) is 0. The molecule has 0 aliphatic carbocycles. The Hall–Kier alpha value is 0.670. The van der Waals surface area contributed by atoms with E-state index in [1.165, 1.54) is 0 Å². The average Bonchev–Trinajstić information content (AvgIpc) is 0.918. The molecular formula is CClNaO2. The van der Waals surface area contributed by atoms with E-state index in [1.807, 2.05) is 0 Å². The fraction of sp³-hybridized carbons (Fsp3) is 0. The van der Waals surface area contributed by atoms with Crippen LogP contribution in [0, 0.1) is 0 Å². The summed E-state index contributed by atoms with van der Waals surface area (Å²) in [5.74, 6) is 0. The Balaban J connectivity index is -0.0000000200. The standard InChI is InChI=1S/CO2.ClH.Na/c2-1-3;;/h;1H;/q;;+1/p-1. The van der Waals surface area contributed by atoms with E-state index >= 15 is 0 Å². The molecule has 2 nitrogen and oxygen atoms in total. The van der Waals surface area contributed by atoms with Crippen LogP contribution in [0.3, 0.4) is 0 Å². The van der Waals surface area contributed by atoms with Crippen molar-refractivity contribution in [2.24, 2.45) is 0 Å². The van der Waals surface area contributed by atoms with E-state index in [1.54, 1.807) is 0 Å². The largest absolute Gasteiger partial charge is 1.00 e. The normalized spacial score (nSPS) is 1.60. The van der Waals surface area contributed by atoms with Crippen molar-refractivity contribution >= 4 is 6.15 Å². The van der Waals surface area contributed by atoms with Crippen LogP contribution in [-0.4, -0.2) is 6.15 Å². The molecule has 0 unspecified atom stereocenters. The first kappa shape index (κ1) is 17.3. The summed E-state index contributed by atoms with van der Waals surface area (Å²) < 4.78 is 0. The fourth-order valence-corrected chi connectivity index (χ4v) is 0. The first-order valence-electron chi connectivity index (χ1n) is 0.408. The Kier molecular flexibility index (Phi) is 78.2. The molecule has 0 aliphatic heterocycles. The summed E-state index contributed by atoms with van der Waals surface area (Å²) in [5, 5.41) is 0. The second-order valence-corrected chi connectivity index (χ2v) is 0.0833. The van der Waals surface area contributed by atoms with Crippen molar-refractivity contribution in [3.05, 3.63) is 0 Å². The molecule has 0 rings (SSSR count). The van der Waals surface area contributed by atoms with E-state index in [0.29, 0.717) is 0 Å². The first-order valence-corrected chi connectivity index (χ1v) is 0.408. The molecule has 0 fully saturated rings. The van der Waals surface area contributed by atoms with E-state index in [0.717, 1.165) is 0 Å². The SMILES string of the molecule is O=C=O.[Cl-].[Na+]. The molecule has 0 spiro atoms. The van der Waals surface area contributed by atoms with Gasteiger partial charge in [-0.15, -0.1) is 0 Å². The van der Waals surface area contributed by atoms with Crippen LogP contribution in [0.15, 0.2) is 0 Å². The van der Waals surface area contributed by atoms with Crippen molar-refractivity contribution in [1.82, 2.24) is 0 Å². The molecule has 0 radical (unpaired) electrons. The van der Waals surface area contributed by atoms with E-state index in [-0.39, 0.29) is 48.1 Å². The molecule has 0 aromatic heterocycles. The van der Waals surface area contributed by atoms with Gasteiger partial charge in [-0.05, 0) is 0 Å². The molecule has 0 bridgehead atoms. The second-order valence-electron chi connectivity index (χ2n) is 0.0833. The van der Waals surface area contributed by atoms with Crippen LogP contribution >= 0.6 is 0 Å². The Morgan fingerprint density at radius 2 is 1.20 bits per heavy atom. The van der Waals surface area contributed by atoms with Gasteiger partial charge in [0.1, 0.15) is 0 Å². The van der Waals surface area contributed by atoms with Crippen molar-refractivity contribution in [3.8, 4) is 0 Å². The van der Waals surface area contributed by atoms with Crippen LogP contribution in [-0.2, 0) is 9.59 Å². The van der Waals surface area contributed by atoms with E-state index < -0.39 is 0 Å². The molecular weight excluding hydrogens is 102 g/mol. The Labute approximate surface area is 57.6 Å². The summed E-state index contributed by atoms with van der Waals surface area (Å²) >= 11 is 0. The Bertz CT molecular complexity index is 30.6. The number of halogens is 1. The third kappa shape index (κ3) is 74.2. The zero-order chi connectivity index (χ0) is 2.71. The molecule has 4 heteroatoms. The molecule has 0 saturated heterocycles. The summed E-state index contributed by atoms with van der Waals surface area (Å²) in [7, 11) is 0. The minimum Gasteiger partial charge on any atom is -1.00 e. The Morgan fingerprint density at radius 3 is 1.20 bits per heavy atom. The topological polar surface area (TPSA) is 34.1 Å². The van der Waals surface area contributed by atoms with Crippen molar-refractivity contribution in [1.29, 1.82) is 0 Å². The molecule has 5 heavy (non-hydrogen) atoms. The van der Waals surface area contributed by atoms with Crippen LogP contribution in [0.25, 0.3) is 0 Å². The predicted molar refractivity (Wildman–Crippen MR) is 5.01 cm³/mol. The van der Waals surface area contributed by atoms with E-state index in [9.17, 15) is 0 Å². The van der Waals surface area contributed by atoms with Crippen molar-refractivity contribution < 1.29 is 51.6 Å². The van der Waals surface area contributed by atoms with Gasteiger partial charge in [-0.3, -0.25) is 0 Å². The molecule has 0 aliphatic rings. The van der Waals surface area contributed by atoms with Gasteiger partial charge in [-0.2, -0.15) is 9.59 Å². The minimum atomic E-state index is 0. The number of hydrogen-bond donors (Lipinski definition) is 0. The molecule has 0 aromatic rings. The van der Waals surface area contributed by atoms with Gasteiger partial charge in [-0.25, -0.2) is 0 Å². The van der Waals surface area contributed by atoms with Gasteiger partial charge < -0.3 is 12.4 Å². The zero-order valence-corrected chi connectivity index (χ0v) is 5.45. The van der Waals surface area contributed by atoms with Crippen LogP contribution in [0.5, 0.6) is 0 Å². The Morgan fingerprint density at radius 1 is 1.20 bits per heavy atom. The number of hydrogen-bond acceptors (Lipinski definition) is 2. The molecule has 0 aromatic carbocycles. The van der Waals surface area contributed by atoms with Gasteiger partial charge >= 0.3 is 35.7 Å². The second kappa shape index (κ2) is 22.6. The smallest absolute Gasteiger partial charge is 1.00 e. The van der Waals surface area contributed by atoms with Gasteiger partial charge in [0.25, 0.3) is 0 Å². The van der Waals surface area contributed by atoms with Gasteiger partial charge in [0.2, 0.25) is 0 Å². The fourth-order valence-electron chi connectivity index (χ4n) is 0. The zero-order valence-electron chi connectivity index (χ0n) is 2.69. The summed E-state index contributed by atoms with van der Waals surface area (Å²) in [6.45, 7) is 0. The average molecular weight is 102 g/mol. The van der Waals surface area contributed by atoms with Gasteiger partial charge in [0.05, 0.1) is 0 Å². The molecule has 0 amide bonds. The maximum atomic E-state index is 8.12. The third-order valence-electron chi connectivity index (χ3n) is 0. The maximum Gasteiger partial charge on any atom is 1.00 e. The molecule has 0 heterocycles. The summed E-state index contributed by atoms with van der Waals surface area (Å²) in [6.07, 6.45) is 0.250. The number of carbonyl (C=O) groups excluding carboxylic acids is 2.